The molecule has 0 radical (unpaired) electrons. The van der Waals surface area contributed by atoms with Crippen LogP contribution in [0.3, 0.4) is 0 Å². The second kappa shape index (κ2) is 6.61. The second-order valence-electron chi connectivity index (χ2n) is 5.28. The van der Waals surface area contributed by atoms with Crippen molar-refractivity contribution in [1.29, 1.82) is 0 Å². The average Bonchev–Trinajstić information content (AvgIpc) is 2.68. The molecule has 5 heteroatoms. The van der Waals surface area contributed by atoms with Gasteiger partial charge in [0.2, 0.25) is 0 Å². The van der Waals surface area contributed by atoms with Gasteiger partial charge in [-0.15, -0.1) is 0 Å². The van der Waals surface area contributed by atoms with Gasteiger partial charge in [-0.2, -0.15) is 0 Å². The first kappa shape index (κ1) is 15.6. The molecule has 19 heavy (non-hydrogen) atoms. The third-order valence-electron chi connectivity index (χ3n) is 3.03. The summed E-state index contributed by atoms with van der Waals surface area (Å²) in [7, 11) is 0. The number of nitrogens with two attached hydrogens (primary N) is 1. The lowest BCUT2D eigenvalue weighted by Gasteiger charge is -2.23. The van der Waals surface area contributed by atoms with Crippen molar-refractivity contribution in [3.8, 4) is 0 Å². The van der Waals surface area contributed by atoms with Gasteiger partial charge in [0.1, 0.15) is 5.69 Å². The molecule has 1 amide bonds. The summed E-state index contributed by atoms with van der Waals surface area (Å²) in [4.78, 5) is 12.1. The molecule has 0 saturated heterocycles. The molecular weight excluding hydrogens is 242 g/mol. The summed E-state index contributed by atoms with van der Waals surface area (Å²) in [6.45, 7) is 6.78. The molecule has 1 unspecified atom stereocenters. The lowest BCUT2D eigenvalue weighted by molar-refractivity contribution is 0.0467. The van der Waals surface area contributed by atoms with E-state index in [0.29, 0.717) is 17.8 Å². The van der Waals surface area contributed by atoms with Crippen LogP contribution in [0.1, 0.15) is 50.5 Å². The molecule has 4 N–H and O–H groups in total. The maximum Gasteiger partial charge on any atom is 0.268 e. The number of aliphatic hydroxyl groups is 1. The van der Waals surface area contributed by atoms with Crippen molar-refractivity contribution < 1.29 is 9.90 Å². The van der Waals surface area contributed by atoms with Gasteiger partial charge in [0.25, 0.3) is 5.91 Å². The van der Waals surface area contributed by atoms with Crippen LogP contribution in [0, 0.1) is 0 Å². The van der Waals surface area contributed by atoms with Crippen molar-refractivity contribution in [1.82, 2.24) is 9.88 Å². The number of anilines is 1. The normalized spacial score (nSPS) is 14.1. The highest BCUT2D eigenvalue weighted by Crippen LogP contribution is 2.13. The van der Waals surface area contributed by atoms with Crippen LogP contribution in [0.4, 0.5) is 5.69 Å². The molecule has 0 aromatic carbocycles. The molecule has 1 aromatic rings. The zero-order chi connectivity index (χ0) is 14.5. The summed E-state index contributed by atoms with van der Waals surface area (Å²) in [5.41, 5.74) is 5.99. The van der Waals surface area contributed by atoms with Gasteiger partial charge < -0.3 is 20.7 Å². The topological polar surface area (TPSA) is 80.3 Å². The fraction of sp³-hybridized carbons (Fsp3) is 0.643. The van der Waals surface area contributed by atoms with Gasteiger partial charge in [-0.3, -0.25) is 4.79 Å². The van der Waals surface area contributed by atoms with Crippen molar-refractivity contribution in [2.24, 2.45) is 0 Å². The molecular formula is C14H25N3O2. The number of carbonyl (C=O) groups is 1. The number of nitrogens with zero attached hydrogens (tertiary/aromatic N) is 1. The van der Waals surface area contributed by atoms with E-state index in [0.717, 1.165) is 19.4 Å². The smallest absolute Gasteiger partial charge is 0.268 e. The van der Waals surface area contributed by atoms with Crippen molar-refractivity contribution >= 4 is 11.6 Å². The minimum absolute atomic E-state index is 0.193. The molecule has 0 saturated carbocycles. The number of nitrogen functional groups attached to an aromatic ring is 1. The monoisotopic (exact) mass is 267 g/mol. The Balaban J connectivity index is 2.68. The number of rotatable bonds is 7. The van der Waals surface area contributed by atoms with E-state index in [9.17, 15) is 9.90 Å². The standard InChI is InChI=1S/C14H25N3O2/c1-4-6-14(3,19)10-16-13(18)12-8-11(15)9-17(12)7-5-2/h8-9,19H,4-7,10,15H2,1-3H3,(H,16,18). The van der Waals surface area contributed by atoms with Crippen LogP contribution in [0.5, 0.6) is 0 Å². The van der Waals surface area contributed by atoms with E-state index in [4.69, 9.17) is 5.73 Å². The van der Waals surface area contributed by atoms with Gasteiger partial charge in [-0.1, -0.05) is 20.3 Å². The summed E-state index contributed by atoms with van der Waals surface area (Å²) in [6, 6.07) is 1.67. The Hall–Kier alpha value is -1.49. The number of carbonyl (C=O) groups excluding carboxylic acids is 1. The number of aromatic nitrogens is 1. The molecule has 5 nitrogen and oxygen atoms in total. The number of nitrogens with one attached hydrogen (secondary N) is 1. The van der Waals surface area contributed by atoms with Crippen LogP contribution >= 0.6 is 0 Å². The van der Waals surface area contributed by atoms with Crippen molar-refractivity contribution in [3.05, 3.63) is 18.0 Å². The van der Waals surface area contributed by atoms with Crippen LogP contribution in [-0.2, 0) is 6.54 Å². The lowest BCUT2D eigenvalue weighted by atomic mass is 10.0. The first-order valence-electron chi connectivity index (χ1n) is 6.86. The van der Waals surface area contributed by atoms with E-state index in [-0.39, 0.29) is 12.5 Å². The molecule has 1 heterocycles. The van der Waals surface area contributed by atoms with Gasteiger partial charge in [-0.25, -0.2) is 0 Å². The zero-order valence-corrected chi connectivity index (χ0v) is 12.1. The van der Waals surface area contributed by atoms with E-state index in [2.05, 4.69) is 5.32 Å². The van der Waals surface area contributed by atoms with Crippen LogP contribution in [0.15, 0.2) is 12.3 Å². The van der Waals surface area contributed by atoms with E-state index in [1.807, 2.05) is 18.4 Å². The number of amides is 1. The highest BCUT2D eigenvalue weighted by molar-refractivity contribution is 5.93. The zero-order valence-electron chi connectivity index (χ0n) is 12.1. The molecule has 1 rings (SSSR count). The molecule has 108 valence electrons. The maximum atomic E-state index is 12.1. The van der Waals surface area contributed by atoms with Crippen LogP contribution in [0.2, 0.25) is 0 Å². The van der Waals surface area contributed by atoms with E-state index in [1.165, 1.54) is 0 Å². The Morgan fingerprint density at radius 1 is 1.47 bits per heavy atom. The summed E-state index contributed by atoms with van der Waals surface area (Å²) in [5, 5.41) is 12.8. The first-order chi connectivity index (χ1) is 8.89. The Kier molecular flexibility index (Phi) is 5.42. The van der Waals surface area contributed by atoms with Crippen LogP contribution in [0.25, 0.3) is 0 Å². The highest BCUT2D eigenvalue weighted by atomic mass is 16.3. The lowest BCUT2D eigenvalue weighted by Crippen LogP contribution is -2.41. The molecule has 0 aliphatic heterocycles. The molecule has 0 fully saturated rings. The SMILES string of the molecule is CCCn1cc(N)cc1C(=O)NCC(C)(O)CCC. The molecule has 0 spiro atoms. The minimum Gasteiger partial charge on any atom is -0.397 e. The fourth-order valence-corrected chi connectivity index (χ4v) is 2.14. The van der Waals surface area contributed by atoms with Crippen molar-refractivity contribution in [2.75, 3.05) is 12.3 Å². The predicted octanol–water partition coefficient (Wildman–Crippen LogP) is 1.76. The molecule has 0 bridgehead atoms. The summed E-state index contributed by atoms with van der Waals surface area (Å²) < 4.78 is 1.85. The summed E-state index contributed by atoms with van der Waals surface area (Å²) in [6.07, 6.45) is 4.23. The van der Waals surface area contributed by atoms with Gasteiger partial charge in [-0.05, 0) is 25.8 Å². The van der Waals surface area contributed by atoms with Gasteiger partial charge >= 0.3 is 0 Å². The number of aryl methyl sites for hydroxylation is 1. The Labute approximate surface area is 114 Å². The van der Waals surface area contributed by atoms with Gasteiger partial charge in [0.05, 0.1) is 11.3 Å². The first-order valence-corrected chi connectivity index (χ1v) is 6.86. The molecule has 1 aromatic heterocycles. The summed E-state index contributed by atoms with van der Waals surface area (Å²) in [5.74, 6) is -0.193. The minimum atomic E-state index is -0.863. The third-order valence-corrected chi connectivity index (χ3v) is 3.03. The quantitative estimate of drug-likeness (QED) is 0.704. The third kappa shape index (κ3) is 4.59. The van der Waals surface area contributed by atoms with Gasteiger partial charge in [0.15, 0.2) is 0 Å². The molecule has 0 aliphatic rings. The fourth-order valence-electron chi connectivity index (χ4n) is 2.14. The Morgan fingerprint density at radius 3 is 2.74 bits per heavy atom. The molecule has 1 atom stereocenters. The predicted molar refractivity (Wildman–Crippen MR) is 77.0 cm³/mol. The second-order valence-corrected chi connectivity index (χ2v) is 5.28. The van der Waals surface area contributed by atoms with Crippen LogP contribution < -0.4 is 11.1 Å². The average molecular weight is 267 g/mol. The molecule has 0 aliphatic carbocycles. The summed E-state index contributed by atoms with van der Waals surface area (Å²) >= 11 is 0. The van der Waals surface area contributed by atoms with Crippen LogP contribution in [-0.4, -0.2) is 27.7 Å². The highest BCUT2D eigenvalue weighted by Gasteiger charge is 2.21. The van der Waals surface area contributed by atoms with E-state index in [1.54, 1.807) is 19.2 Å². The van der Waals surface area contributed by atoms with Crippen molar-refractivity contribution in [2.45, 2.75) is 52.2 Å². The van der Waals surface area contributed by atoms with E-state index >= 15 is 0 Å². The maximum absolute atomic E-state index is 12.1. The Morgan fingerprint density at radius 2 is 2.16 bits per heavy atom. The number of hydrogen-bond donors (Lipinski definition) is 3. The van der Waals surface area contributed by atoms with Gasteiger partial charge in [0, 0.05) is 19.3 Å². The number of hydrogen-bond acceptors (Lipinski definition) is 3. The van der Waals surface area contributed by atoms with Crippen molar-refractivity contribution in [3.63, 3.8) is 0 Å². The largest absolute Gasteiger partial charge is 0.397 e. The Bertz CT molecular complexity index is 424. The van der Waals surface area contributed by atoms with E-state index < -0.39 is 5.60 Å².